The molecule has 0 saturated carbocycles. The van der Waals surface area contributed by atoms with Gasteiger partial charge in [-0.1, -0.05) is 6.42 Å². The number of methoxy groups -OCH3 is 1. The van der Waals surface area contributed by atoms with Gasteiger partial charge in [-0.2, -0.15) is 0 Å². The van der Waals surface area contributed by atoms with Crippen molar-refractivity contribution in [1.82, 2.24) is 14.5 Å². The lowest BCUT2D eigenvalue weighted by Crippen LogP contribution is -2.39. The van der Waals surface area contributed by atoms with E-state index in [1.54, 1.807) is 18.4 Å². The van der Waals surface area contributed by atoms with E-state index in [4.69, 9.17) is 4.74 Å². The second kappa shape index (κ2) is 8.57. The van der Waals surface area contributed by atoms with Crippen molar-refractivity contribution < 1.29 is 9.53 Å². The average molecular weight is 388 g/mol. The Balaban J connectivity index is 1.47. The van der Waals surface area contributed by atoms with Crippen molar-refractivity contribution in [3.05, 3.63) is 39.6 Å². The molecule has 1 fully saturated rings. The largest absolute Gasteiger partial charge is 0.383 e. The number of rotatable bonds is 5. The molecule has 1 saturated heterocycles. The van der Waals surface area contributed by atoms with Crippen molar-refractivity contribution in [3.63, 3.8) is 0 Å². The van der Waals surface area contributed by atoms with Crippen molar-refractivity contribution in [2.45, 2.75) is 57.4 Å². The highest BCUT2D eigenvalue weighted by atomic mass is 32.1. The highest BCUT2D eigenvalue weighted by Gasteiger charge is 2.29. The first-order valence-corrected chi connectivity index (χ1v) is 11.0. The molecule has 0 aromatic carbocycles. The lowest BCUT2D eigenvalue weighted by molar-refractivity contribution is 0.0707. The minimum atomic E-state index is 0.216. The monoisotopic (exact) mass is 387 g/mol. The van der Waals surface area contributed by atoms with Gasteiger partial charge in [-0.3, -0.25) is 4.79 Å². The van der Waals surface area contributed by atoms with E-state index >= 15 is 0 Å². The van der Waals surface area contributed by atoms with Crippen molar-refractivity contribution in [2.75, 3.05) is 26.8 Å². The fraction of sp³-hybridized carbons (Fsp3) is 0.619. The van der Waals surface area contributed by atoms with Crippen molar-refractivity contribution >= 4 is 17.2 Å². The molecule has 0 radical (unpaired) electrons. The Morgan fingerprint density at radius 2 is 2.19 bits per heavy atom. The molecule has 2 aliphatic rings. The number of piperidine rings is 1. The maximum atomic E-state index is 13.2. The quantitative estimate of drug-likeness (QED) is 0.732. The van der Waals surface area contributed by atoms with Gasteiger partial charge >= 0.3 is 0 Å². The van der Waals surface area contributed by atoms with Crippen LogP contribution in [0.4, 0.5) is 0 Å². The van der Waals surface area contributed by atoms with Crippen LogP contribution < -0.4 is 0 Å². The Morgan fingerprint density at radius 1 is 1.30 bits per heavy atom. The second-order valence-electron chi connectivity index (χ2n) is 7.68. The van der Waals surface area contributed by atoms with Crippen LogP contribution in [0.2, 0.25) is 0 Å². The number of nitrogens with zero attached hydrogens (tertiary/aromatic N) is 3. The Hall–Kier alpha value is -1.66. The molecule has 1 aliphatic carbocycles. The lowest BCUT2D eigenvalue weighted by Gasteiger charge is -2.32. The number of imidazole rings is 1. The van der Waals surface area contributed by atoms with Gasteiger partial charge < -0.3 is 14.2 Å². The molecule has 0 bridgehead atoms. The predicted octanol–water partition coefficient (Wildman–Crippen LogP) is 3.88. The number of aromatic nitrogens is 2. The SMILES string of the molecule is COCCn1ccnc1[C@@H]1CCCN(C(=O)c2cc3c(s2)CCCCC3)C1. The smallest absolute Gasteiger partial charge is 0.263 e. The van der Waals surface area contributed by atoms with Gasteiger partial charge in [0.1, 0.15) is 5.82 Å². The van der Waals surface area contributed by atoms with Crippen LogP contribution in [-0.2, 0) is 24.1 Å². The van der Waals surface area contributed by atoms with Crippen molar-refractivity contribution in [3.8, 4) is 0 Å². The first-order chi connectivity index (χ1) is 13.3. The molecule has 27 heavy (non-hydrogen) atoms. The fourth-order valence-electron chi connectivity index (χ4n) is 4.36. The molecule has 0 N–H and O–H groups in total. The van der Waals surface area contributed by atoms with Crippen LogP contribution in [0.5, 0.6) is 0 Å². The minimum absolute atomic E-state index is 0.216. The highest BCUT2D eigenvalue weighted by molar-refractivity contribution is 7.14. The summed E-state index contributed by atoms with van der Waals surface area (Å²) in [6.07, 6.45) is 12.1. The number of amides is 1. The molecule has 1 atom stereocenters. The van der Waals surface area contributed by atoms with Crippen LogP contribution in [-0.4, -0.2) is 47.2 Å². The zero-order valence-electron chi connectivity index (χ0n) is 16.2. The summed E-state index contributed by atoms with van der Waals surface area (Å²) in [4.78, 5) is 22.2. The Kier molecular flexibility index (Phi) is 5.93. The number of carbonyl (C=O) groups excluding carboxylic acids is 1. The molecule has 4 rings (SSSR count). The summed E-state index contributed by atoms with van der Waals surface area (Å²) in [5.74, 6) is 1.62. The van der Waals surface area contributed by atoms with Gasteiger partial charge in [-0.15, -0.1) is 11.3 Å². The van der Waals surface area contributed by atoms with Crippen LogP contribution in [0, 0.1) is 0 Å². The molecule has 3 heterocycles. The molecule has 2 aromatic rings. The van der Waals surface area contributed by atoms with Crippen LogP contribution in [0.25, 0.3) is 0 Å². The van der Waals surface area contributed by atoms with Gasteiger partial charge in [0.15, 0.2) is 0 Å². The first-order valence-electron chi connectivity index (χ1n) is 10.2. The Morgan fingerprint density at radius 3 is 3.07 bits per heavy atom. The van der Waals surface area contributed by atoms with E-state index in [1.807, 2.05) is 12.4 Å². The Bertz CT molecular complexity index is 759. The minimum Gasteiger partial charge on any atom is -0.383 e. The van der Waals surface area contributed by atoms with Gasteiger partial charge in [0.2, 0.25) is 0 Å². The van der Waals surface area contributed by atoms with Crippen molar-refractivity contribution in [1.29, 1.82) is 0 Å². The standard InChI is InChI=1S/C21H29N3O2S/c1-26-13-12-23-11-9-22-20(23)17-7-5-10-24(15-17)21(25)19-14-16-6-3-2-4-8-18(16)27-19/h9,11,14,17H,2-8,10,12-13,15H2,1H3/t17-/m1/s1. The summed E-state index contributed by atoms with van der Waals surface area (Å²) in [6, 6.07) is 2.18. The molecule has 0 spiro atoms. The summed E-state index contributed by atoms with van der Waals surface area (Å²) in [6.45, 7) is 3.12. The summed E-state index contributed by atoms with van der Waals surface area (Å²) >= 11 is 1.73. The van der Waals surface area contributed by atoms with E-state index in [0.717, 1.165) is 56.0 Å². The van der Waals surface area contributed by atoms with Crippen LogP contribution in [0.3, 0.4) is 0 Å². The highest BCUT2D eigenvalue weighted by Crippen LogP contribution is 2.32. The third-order valence-electron chi connectivity index (χ3n) is 5.82. The van der Waals surface area contributed by atoms with E-state index in [2.05, 4.69) is 20.5 Å². The zero-order chi connectivity index (χ0) is 18.6. The summed E-state index contributed by atoms with van der Waals surface area (Å²) < 4.78 is 7.39. The number of hydrogen-bond donors (Lipinski definition) is 0. The fourth-order valence-corrected chi connectivity index (χ4v) is 5.58. The molecule has 146 valence electrons. The average Bonchev–Trinajstić information content (AvgIpc) is 3.27. The van der Waals surface area contributed by atoms with E-state index < -0.39 is 0 Å². The van der Waals surface area contributed by atoms with Crippen LogP contribution >= 0.6 is 11.3 Å². The number of aryl methyl sites for hydroxylation is 2. The summed E-state index contributed by atoms with van der Waals surface area (Å²) in [5, 5.41) is 0. The third kappa shape index (κ3) is 4.11. The third-order valence-corrected chi connectivity index (χ3v) is 7.04. The predicted molar refractivity (Wildman–Crippen MR) is 108 cm³/mol. The van der Waals surface area contributed by atoms with Crippen LogP contribution in [0.1, 0.15) is 64.0 Å². The number of hydrogen-bond acceptors (Lipinski definition) is 4. The molecular formula is C21H29N3O2S. The lowest BCUT2D eigenvalue weighted by atomic mass is 9.97. The van der Waals surface area contributed by atoms with Gasteiger partial charge in [0, 0.05) is 49.9 Å². The number of fused-ring (bicyclic) bond motifs is 1. The molecule has 0 unspecified atom stereocenters. The van der Waals surface area contributed by atoms with E-state index in [-0.39, 0.29) is 5.91 Å². The number of thiophene rings is 1. The molecule has 5 nitrogen and oxygen atoms in total. The Labute approximate surface area is 165 Å². The topological polar surface area (TPSA) is 47.4 Å². The molecule has 2 aromatic heterocycles. The molecule has 1 amide bonds. The molecule has 6 heteroatoms. The van der Waals surface area contributed by atoms with E-state index in [9.17, 15) is 4.79 Å². The maximum Gasteiger partial charge on any atom is 0.263 e. The van der Waals surface area contributed by atoms with Gasteiger partial charge in [0.05, 0.1) is 11.5 Å². The van der Waals surface area contributed by atoms with E-state index in [1.165, 1.54) is 29.7 Å². The summed E-state index contributed by atoms with van der Waals surface area (Å²) in [7, 11) is 1.72. The summed E-state index contributed by atoms with van der Waals surface area (Å²) in [5.41, 5.74) is 1.42. The molecule has 1 aliphatic heterocycles. The number of carbonyl (C=O) groups is 1. The molecular weight excluding hydrogens is 358 g/mol. The number of ether oxygens (including phenoxy) is 1. The normalized spacial score (nSPS) is 20.3. The zero-order valence-corrected chi connectivity index (χ0v) is 17.0. The number of likely N-dealkylation sites (tertiary alicyclic amines) is 1. The first kappa shape index (κ1) is 18.7. The second-order valence-corrected chi connectivity index (χ2v) is 8.82. The van der Waals surface area contributed by atoms with Gasteiger partial charge in [0.25, 0.3) is 5.91 Å². The van der Waals surface area contributed by atoms with Gasteiger partial charge in [-0.05, 0) is 50.2 Å². The van der Waals surface area contributed by atoms with Crippen molar-refractivity contribution in [2.24, 2.45) is 0 Å². The van der Waals surface area contributed by atoms with Gasteiger partial charge in [-0.25, -0.2) is 4.98 Å². The van der Waals surface area contributed by atoms with E-state index in [0.29, 0.717) is 12.5 Å². The maximum absolute atomic E-state index is 13.2. The van der Waals surface area contributed by atoms with Crippen LogP contribution in [0.15, 0.2) is 18.5 Å².